The number of nitrogens with zero attached hydrogens (tertiary/aromatic N) is 2. The van der Waals surface area contributed by atoms with Crippen LogP contribution < -0.4 is 15.4 Å². The highest BCUT2D eigenvalue weighted by Crippen LogP contribution is 2.21. The van der Waals surface area contributed by atoms with Gasteiger partial charge in [-0.05, 0) is 38.2 Å². The van der Waals surface area contributed by atoms with Gasteiger partial charge in [0.1, 0.15) is 6.10 Å². The first-order valence-electron chi connectivity index (χ1n) is 7.26. The first kappa shape index (κ1) is 14.6. The lowest BCUT2D eigenvalue weighted by Gasteiger charge is -2.28. The SMILES string of the molecule is CCCNC(=O)NC1CCC(Oc2ncccn2)CC1. The summed E-state index contributed by atoms with van der Waals surface area (Å²) >= 11 is 0. The minimum Gasteiger partial charge on any atom is -0.460 e. The molecule has 1 fully saturated rings. The second-order valence-corrected chi connectivity index (χ2v) is 5.02. The maximum Gasteiger partial charge on any atom is 0.316 e. The van der Waals surface area contributed by atoms with Crippen molar-refractivity contribution in [2.75, 3.05) is 6.54 Å². The molecule has 1 saturated carbocycles. The fraction of sp³-hybridized carbons (Fsp3) is 0.643. The molecule has 1 aromatic heterocycles. The molecule has 0 spiro atoms. The van der Waals surface area contributed by atoms with Gasteiger partial charge in [0.2, 0.25) is 0 Å². The maximum atomic E-state index is 11.6. The molecule has 0 unspecified atom stereocenters. The molecule has 1 aliphatic rings. The van der Waals surface area contributed by atoms with Gasteiger partial charge in [0.05, 0.1) is 0 Å². The summed E-state index contributed by atoms with van der Waals surface area (Å²) < 4.78 is 5.72. The summed E-state index contributed by atoms with van der Waals surface area (Å²) in [6.07, 6.45) is 8.13. The lowest BCUT2D eigenvalue weighted by Crippen LogP contribution is -2.44. The Kier molecular flexibility index (Phi) is 5.58. The Labute approximate surface area is 119 Å². The van der Waals surface area contributed by atoms with Gasteiger partial charge in [-0.25, -0.2) is 14.8 Å². The topological polar surface area (TPSA) is 76.1 Å². The molecule has 2 amide bonds. The van der Waals surface area contributed by atoms with Crippen molar-refractivity contribution in [1.29, 1.82) is 0 Å². The van der Waals surface area contributed by atoms with Gasteiger partial charge in [-0.3, -0.25) is 0 Å². The van der Waals surface area contributed by atoms with Crippen molar-refractivity contribution in [2.24, 2.45) is 0 Å². The molecule has 1 aliphatic carbocycles. The van der Waals surface area contributed by atoms with Crippen LogP contribution in [0.15, 0.2) is 18.5 Å². The molecule has 2 N–H and O–H groups in total. The summed E-state index contributed by atoms with van der Waals surface area (Å²) in [5.41, 5.74) is 0. The third kappa shape index (κ3) is 4.68. The number of nitrogens with one attached hydrogen (secondary N) is 2. The van der Waals surface area contributed by atoms with Crippen molar-refractivity contribution in [1.82, 2.24) is 20.6 Å². The van der Waals surface area contributed by atoms with E-state index in [2.05, 4.69) is 20.6 Å². The van der Waals surface area contributed by atoms with E-state index in [0.29, 0.717) is 6.01 Å². The summed E-state index contributed by atoms with van der Waals surface area (Å²) in [6.45, 7) is 2.75. The molecule has 0 atom stereocenters. The molecule has 0 saturated heterocycles. The summed E-state index contributed by atoms with van der Waals surface area (Å²) in [7, 11) is 0. The third-order valence-corrected chi connectivity index (χ3v) is 3.36. The Morgan fingerprint density at radius 2 is 2.00 bits per heavy atom. The Morgan fingerprint density at radius 3 is 2.65 bits per heavy atom. The zero-order valence-electron chi connectivity index (χ0n) is 11.8. The second kappa shape index (κ2) is 7.67. The van der Waals surface area contributed by atoms with Crippen LogP contribution in [0.1, 0.15) is 39.0 Å². The zero-order chi connectivity index (χ0) is 14.2. The van der Waals surface area contributed by atoms with Crippen LogP contribution in [0, 0.1) is 0 Å². The van der Waals surface area contributed by atoms with Gasteiger partial charge in [0.15, 0.2) is 0 Å². The quantitative estimate of drug-likeness (QED) is 0.862. The first-order valence-corrected chi connectivity index (χ1v) is 7.26. The van der Waals surface area contributed by atoms with E-state index in [1.807, 2.05) is 6.92 Å². The number of rotatable bonds is 5. The molecular formula is C14H22N4O2. The summed E-state index contributed by atoms with van der Waals surface area (Å²) in [4.78, 5) is 19.7. The lowest BCUT2D eigenvalue weighted by atomic mass is 9.93. The van der Waals surface area contributed by atoms with Crippen molar-refractivity contribution >= 4 is 6.03 Å². The van der Waals surface area contributed by atoms with Gasteiger partial charge in [-0.1, -0.05) is 6.92 Å². The van der Waals surface area contributed by atoms with Gasteiger partial charge >= 0.3 is 12.0 Å². The highest BCUT2D eigenvalue weighted by Gasteiger charge is 2.23. The van der Waals surface area contributed by atoms with Crippen molar-refractivity contribution < 1.29 is 9.53 Å². The number of hydrogen-bond acceptors (Lipinski definition) is 4. The average Bonchev–Trinajstić information content (AvgIpc) is 2.48. The molecule has 0 bridgehead atoms. The minimum absolute atomic E-state index is 0.0670. The highest BCUT2D eigenvalue weighted by atomic mass is 16.5. The standard InChI is InChI=1S/C14H22N4O2/c1-2-8-15-13(19)18-11-4-6-12(7-5-11)20-14-16-9-3-10-17-14/h3,9-12H,2,4-8H2,1H3,(H2,15,18,19). The Hall–Kier alpha value is -1.85. The number of carbonyl (C=O) groups is 1. The largest absolute Gasteiger partial charge is 0.460 e. The van der Waals surface area contributed by atoms with E-state index in [-0.39, 0.29) is 18.2 Å². The van der Waals surface area contributed by atoms with E-state index in [0.717, 1.165) is 38.6 Å². The van der Waals surface area contributed by atoms with Gasteiger partial charge in [0.25, 0.3) is 0 Å². The molecule has 0 aromatic carbocycles. The van der Waals surface area contributed by atoms with Crippen molar-refractivity contribution in [3.8, 4) is 6.01 Å². The predicted molar refractivity (Wildman–Crippen MR) is 75.5 cm³/mol. The van der Waals surface area contributed by atoms with E-state index in [1.165, 1.54) is 0 Å². The lowest BCUT2D eigenvalue weighted by molar-refractivity contribution is 0.129. The van der Waals surface area contributed by atoms with Crippen molar-refractivity contribution in [3.63, 3.8) is 0 Å². The molecule has 1 aromatic rings. The monoisotopic (exact) mass is 278 g/mol. The third-order valence-electron chi connectivity index (χ3n) is 3.36. The van der Waals surface area contributed by atoms with Crippen LogP contribution in [-0.2, 0) is 0 Å². The smallest absolute Gasteiger partial charge is 0.316 e. The van der Waals surface area contributed by atoms with E-state index in [9.17, 15) is 4.79 Å². The van der Waals surface area contributed by atoms with Crippen molar-refractivity contribution in [2.45, 2.75) is 51.2 Å². The molecule has 1 heterocycles. The maximum absolute atomic E-state index is 11.6. The molecule has 110 valence electrons. The zero-order valence-corrected chi connectivity index (χ0v) is 11.8. The molecule has 2 rings (SSSR count). The van der Waals surface area contributed by atoms with Gasteiger partial charge in [-0.2, -0.15) is 0 Å². The second-order valence-electron chi connectivity index (χ2n) is 5.02. The van der Waals surface area contributed by atoms with Crippen LogP contribution >= 0.6 is 0 Å². The molecule has 6 nitrogen and oxygen atoms in total. The van der Waals surface area contributed by atoms with Crippen molar-refractivity contribution in [3.05, 3.63) is 18.5 Å². The average molecular weight is 278 g/mol. The predicted octanol–water partition coefficient (Wildman–Crippen LogP) is 1.88. The van der Waals surface area contributed by atoms with E-state index >= 15 is 0 Å². The van der Waals surface area contributed by atoms with Crippen LogP contribution in [0.3, 0.4) is 0 Å². The van der Waals surface area contributed by atoms with Gasteiger partial charge in [-0.15, -0.1) is 0 Å². The molecule has 20 heavy (non-hydrogen) atoms. The molecule has 6 heteroatoms. The van der Waals surface area contributed by atoms with Gasteiger partial charge in [0, 0.05) is 25.0 Å². The fourth-order valence-electron chi connectivity index (χ4n) is 2.30. The fourth-order valence-corrected chi connectivity index (χ4v) is 2.30. The number of amides is 2. The van der Waals surface area contributed by atoms with Gasteiger partial charge < -0.3 is 15.4 Å². The molecule has 0 radical (unpaired) electrons. The Morgan fingerprint density at radius 1 is 1.30 bits per heavy atom. The summed E-state index contributed by atoms with van der Waals surface area (Å²) in [5, 5.41) is 5.83. The first-order chi connectivity index (χ1) is 9.78. The summed E-state index contributed by atoms with van der Waals surface area (Å²) in [5.74, 6) is 0. The van der Waals surface area contributed by atoms with Crippen LogP contribution in [0.2, 0.25) is 0 Å². The minimum atomic E-state index is -0.0670. The molecule has 0 aliphatic heterocycles. The van der Waals surface area contributed by atoms with E-state index in [4.69, 9.17) is 4.74 Å². The number of carbonyl (C=O) groups excluding carboxylic acids is 1. The highest BCUT2D eigenvalue weighted by molar-refractivity contribution is 5.74. The Bertz CT molecular complexity index is 405. The number of ether oxygens (including phenoxy) is 1. The number of hydrogen-bond donors (Lipinski definition) is 2. The van der Waals surface area contributed by atoms with E-state index in [1.54, 1.807) is 18.5 Å². The normalized spacial score (nSPS) is 22.1. The number of urea groups is 1. The number of aromatic nitrogens is 2. The summed E-state index contributed by atoms with van der Waals surface area (Å²) in [6, 6.07) is 2.37. The van der Waals surface area contributed by atoms with E-state index < -0.39 is 0 Å². The molecular weight excluding hydrogens is 256 g/mol. The van der Waals surface area contributed by atoms with Crippen LogP contribution in [-0.4, -0.2) is 34.7 Å². The van der Waals surface area contributed by atoms with Crippen LogP contribution in [0.5, 0.6) is 6.01 Å². The van der Waals surface area contributed by atoms with Crippen LogP contribution in [0.25, 0.3) is 0 Å². The van der Waals surface area contributed by atoms with Crippen LogP contribution in [0.4, 0.5) is 4.79 Å². The Balaban J connectivity index is 1.68.